The molecule has 2 unspecified atom stereocenters. The van der Waals surface area contributed by atoms with Crippen molar-refractivity contribution in [2.75, 3.05) is 44.2 Å². The van der Waals surface area contributed by atoms with Crippen LogP contribution in [0.3, 0.4) is 0 Å². The van der Waals surface area contributed by atoms with Gasteiger partial charge in [-0.25, -0.2) is 0 Å². The summed E-state index contributed by atoms with van der Waals surface area (Å²) in [4.78, 5) is 32.7. The first kappa shape index (κ1) is 22.1. The van der Waals surface area contributed by atoms with E-state index in [1.54, 1.807) is 0 Å². The van der Waals surface area contributed by atoms with Crippen LogP contribution in [-0.2, 0) is 9.59 Å². The van der Waals surface area contributed by atoms with Gasteiger partial charge in [0.15, 0.2) is 5.96 Å². The second-order valence-corrected chi connectivity index (χ2v) is 8.04. The number of likely N-dealkylation sites (tertiary alicyclic amines) is 1. The number of rotatable bonds is 8. The van der Waals surface area contributed by atoms with E-state index in [1.165, 1.54) is 0 Å². The Labute approximate surface area is 178 Å². The van der Waals surface area contributed by atoms with Crippen LogP contribution in [0.5, 0.6) is 0 Å². The van der Waals surface area contributed by atoms with Crippen molar-refractivity contribution in [3.05, 3.63) is 30.3 Å². The minimum atomic E-state index is -0.188. The first-order valence-electron chi connectivity index (χ1n) is 11.0. The molecule has 2 heterocycles. The van der Waals surface area contributed by atoms with E-state index in [9.17, 15) is 9.59 Å². The fourth-order valence-electron chi connectivity index (χ4n) is 4.15. The molecule has 8 nitrogen and oxygen atoms in total. The number of carbonyl (C=O) groups excluding carboxylic acids is 2. The van der Waals surface area contributed by atoms with E-state index >= 15 is 0 Å². The summed E-state index contributed by atoms with van der Waals surface area (Å²) in [7, 11) is 0. The topological polar surface area (TPSA) is 103 Å². The number of hydrogen-bond acceptors (Lipinski definition) is 4. The zero-order valence-electron chi connectivity index (χ0n) is 17.8. The first-order chi connectivity index (χ1) is 14.6. The van der Waals surface area contributed by atoms with Gasteiger partial charge in [-0.05, 0) is 51.4 Å². The predicted octanol–water partition coefficient (Wildman–Crippen LogP) is 0.934. The Morgan fingerprint density at radius 1 is 1.27 bits per heavy atom. The minimum Gasteiger partial charge on any atom is -0.369 e. The number of primary amides is 1. The van der Waals surface area contributed by atoms with Crippen LogP contribution in [0.4, 0.5) is 5.69 Å². The van der Waals surface area contributed by atoms with Gasteiger partial charge in [0.05, 0.1) is 12.0 Å². The zero-order valence-corrected chi connectivity index (χ0v) is 17.8. The van der Waals surface area contributed by atoms with Crippen molar-refractivity contribution >= 4 is 23.5 Å². The number of carbonyl (C=O) groups is 2. The predicted molar refractivity (Wildman–Crippen MR) is 119 cm³/mol. The second-order valence-electron chi connectivity index (χ2n) is 8.04. The van der Waals surface area contributed by atoms with Gasteiger partial charge < -0.3 is 26.2 Å². The van der Waals surface area contributed by atoms with Gasteiger partial charge in [-0.15, -0.1) is 0 Å². The van der Waals surface area contributed by atoms with Gasteiger partial charge >= 0.3 is 0 Å². The van der Waals surface area contributed by atoms with E-state index in [2.05, 4.69) is 20.5 Å². The Morgan fingerprint density at radius 2 is 2.07 bits per heavy atom. The smallest absolute Gasteiger partial charge is 0.229 e. The van der Waals surface area contributed by atoms with E-state index in [0.717, 1.165) is 57.1 Å². The summed E-state index contributed by atoms with van der Waals surface area (Å²) >= 11 is 0. The molecule has 0 aliphatic carbocycles. The molecular weight excluding hydrogens is 380 g/mol. The maximum absolute atomic E-state index is 12.4. The molecule has 30 heavy (non-hydrogen) atoms. The third kappa shape index (κ3) is 6.19. The van der Waals surface area contributed by atoms with E-state index in [0.29, 0.717) is 19.5 Å². The van der Waals surface area contributed by atoms with Crippen molar-refractivity contribution in [3.8, 4) is 0 Å². The van der Waals surface area contributed by atoms with Gasteiger partial charge in [0.2, 0.25) is 11.8 Å². The molecule has 8 heteroatoms. The number of nitrogens with one attached hydrogen (secondary N) is 2. The summed E-state index contributed by atoms with van der Waals surface area (Å²) < 4.78 is 0. The average Bonchev–Trinajstić information content (AvgIpc) is 3.12. The van der Waals surface area contributed by atoms with Gasteiger partial charge in [0.1, 0.15) is 0 Å². The number of anilines is 1. The van der Waals surface area contributed by atoms with Crippen LogP contribution in [0.25, 0.3) is 0 Å². The van der Waals surface area contributed by atoms with Crippen molar-refractivity contribution in [2.24, 2.45) is 16.6 Å². The third-order valence-electron chi connectivity index (χ3n) is 5.69. The Hall–Kier alpha value is -2.61. The maximum atomic E-state index is 12.4. The van der Waals surface area contributed by atoms with Gasteiger partial charge in [-0.2, -0.15) is 0 Å². The molecule has 3 rings (SSSR count). The van der Waals surface area contributed by atoms with Crippen molar-refractivity contribution in [1.29, 1.82) is 0 Å². The van der Waals surface area contributed by atoms with Crippen molar-refractivity contribution in [2.45, 2.75) is 38.6 Å². The van der Waals surface area contributed by atoms with Crippen LogP contribution in [0, 0.1) is 5.92 Å². The lowest BCUT2D eigenvalue weighted by Crippen LogP contribution is -2.45. The number of guanidine groups is 1. The molecule has 0 aromatic heterocycles. The summed E-state index contributed by atoms with van der Waals surface area (Å²) in [6, 6.07) is 9.81. The molecule has 164 valence electrons. The van der Waals surface area contributed by atoms with E-state index in [4.69, 9.17) is 5.73 Å². The van der Waals surface area contributed by atoms with Crippen molar-refractivity contribution < 1.29 is 9.59 Å². The number of piperidine rings is 1. The molecule has 0 bridgehead atoms. The fourth-order valence-corrected chi connectivity index (χ4v) is 4.15. The van der Waals surface area contributed by atoms with E-state index < -0.39 is 0 Å². The molecule has 1 aromatic carbocycles. The highest BCUT2D eigenvalue weighted by molar-refractivity contribution is 5.97. The highest BCUT2D eigenvalue weighted by Crippen LogP contribution is 2.21. The van der Waals surface area contributed by atoms with Crippen LogP contribution >= 0.6 is 0 Å². The summed E-state index contributed by atoms with van der Waals surface area (Å²) in [5.74, 6) is 0.670. The van der Waals surface area contributed by atoms with Crippen molar-refractivity contribution in [1.82, 2.24) is 15.5 Å². The lowest BCUT2D eigenvalue weighted by molar-refractivity contribution is -0.123. The SMILES string of the molecule is CCNC(=NCCCN1CCCC(C(N)=O)C1)NC1CC(=O)N(c2ccccc2)C1. The molecule has 1 aromatic rings. The molecule has 0 spiro atoms. The molecule has 4 N–H and O–H groups in total. The van der Waals surface area contributed by atoms with Crippen LogP contribution in [-0.4, -0.2) is 68.0 Å². The summed E-state index contributed by atoms with van der Waals surface area (Å²) in [5, 5.41) is 6.68. The van der Waals surface area contributed by atoms with E-state index in [-0.39, 0.29) is 23.8 Å². The number of nitrogens with zero attached hydrogens (tertiary/aromatic N) is 3. The first-order valence-corrected chi connectivity index (χ1v) is 11.0. The monoisotopic (exact) mass is 414 g/mol. The number of amides is 2. The molecule has 0 radical (unpaired) electrons. The molecule has 2 aliphatic heterocycles. The molecule has 2 fully saturated rings. The maximum Gasteiger partial charge on any atom is 0.229 e. The largest absolute Gasteiger partial charge is 0.369 e. The lowest BCUT2D eigenvalue weighted by atomic mass is 9.97. The number of benzene rings is 1. The molecule has 2 atom stereocenters. The average molecular weight is 415 g/mol. The van der Waals surface area contributed by atoms with Crippen LogP contribution in [0.1, 0.15) is 32.6 Å². The standard InChI is InChI=1S/C22H34N6O2/c1-2-24-22(25-11-7-13-27-12-6-8-17(15-27)21(23)30)26-18-14-20(29)28(16-18)19-9-4-3-5-10-19/h3-5,9-10,17-18H,2,6-8,11-16H2,1H3,(H2,23,30)(H2,24,25,26). The number of hydrogen-bond donors (Lipinski definition) is 3. The Kier molecular flexibility index (Phi) is 8.07. The summed E-state index contributed by atoms with van der Waals surface area (Å²) in [5.41, 5.74) is 6.40. The van der Waals surface area contributed by atoms with Crippen LogP contribution in [0.15, 0.2) is 35.3 Å². The second kappa shape index (κ2) is 11.0. The highest BCUT2D eigenvalue weighted by atomic mass is 16.2. The Balaban J connectivity index is 1.46. The van der Waals surface area contributed by atoms with Gasteiger partial charge in [-0.3, -0.25) is 14.6 Å². The molecular formula is C22H34N6O2. The normalized spacial score (nSPS) is 22.9. The number of para-hydroxylation sites is 1. The minimum absolute atomic E-state index is 0.0197. The summed E-state index contributed by atoms with van der Waals surface area (Å²) in [6.07, 6.45) is 3.30. The van der Waals surface area contributed by atoms with Gasteiger partial charge in [-0.1, -0.05) is 18.2 Å². The van der Waals surface area contributed by atoms with Crippen LogP contribution in [0.2, 0.25) is 0 Å². The quantitative estimate of drug-likeness (QED) is 0.334. The molecule has 2 aliphatic rings. The molecule has 0 saturated carbocycles. The Morgan fingerprint density at radius 3 is 2.80 bits per heavy atom. The number of aliphatic imine (C=N–C) groups is 1. The summed E-state index contributed by atoms with van der Waals surface area (Å²) in [6.45, 7) is 6.82. The van der Waals surface area contributed by atoms with Crippen molar-refractivity contribution in [3.63, 3.8) is 0 Å². The molecule has 2 saturated heterocycles. The highest BCUT2D eigenvalue weighted by Gasteiger charge is 2.31. The Bertz CT molecular complexity index is 738. The van der Waals surface area contributed by atoms with Crippen LogP contribution < -0.4 is 21.3 Å². The fraction of sp³-hybridized carbons (Fsp3) is 0.591. The number of nitrogens with two attached hydrogens (primary N) is 1. The van der Waals surface area contributed by atoms with Gasteiger partial charge in [0, 0.05) is 38.3 Å². The van der Waals surface area contributed by atoms with E-state index in [1.807, 2.05) is 42.2 Å². The molecule has 2 amide bonds. The third-order valence-corrected chi connectivity index (χ3v) is 5.69. The zero-order chi connectivity index (χ0) is 21.3. The lowest BCUT2D eigenvalue weighted by Gasteiger charge is -2.30. The van der Waals surface area contributed by atoms with Gasteiger partial charge in [0.25, 0.3) is 0 Å².